The van der Waals surface area contributed by atoms with Crippen molar-refractivity contribution in [2.45, 2.75) is 32.6 Å². The van der Waals surface area contributed by atoms with Crippen LogP contribution in [-0.4, -0.2) is 63.4 Å². The molecule has 2 aromatic carbocycles. The van der Waals surface area contributed by atoms with Crippen LogP contribution in [0.3, 0.4) is 0 Å². The molecule has 6 nitrogen and oxygen atoms in total. The third-order valence-corrected chi connectivity index (χ3v) is 6.42. The average molecular weight is 502 g/mol. The van der Waals surface area contributed by atoms with Gasteiger partial charge in [-0.05, 0) is 49.4 Å². The number of likely N-dealkylation sites (N-methyl/N-ethyl adjacent to an activating group) is 1. The maximum atomic E-state index is 11.1. The third-order valence-electron chi connectivity index (χ3n) is 5.95. The summed E-state index contributed by atoms with van der Waals surface area (Å²) in [6.07, 6.45) is 4.67. The number of amides is 1. The van der Waals surface area contributed by atoms with Gasteiger partial charge < -0.3 is 14.4 Å². The van der Waals surface area contributed by atoms with E-state index >= 15 is 0 Å². The molecule has 2 heterocycles. The highest BCUT2D eigenvalue weighted by molar-refractivity contribution is 6.30. The normalized spacial score (nSPS) is 16.6. The topological polar surface area (TPSA) is 44.6 Å². The summed E-state index contributed by atoms with van der Waals surface area (Å²) >= 11 is 11.9. The van der Waals surface area contributed by atoms with Crippen LogP contribution in [-0.2, 0) is 31.5 Å². The van der Waals surface area contributed by atoms with Crippen LogP contribution in [0.5, 0.6) is 0 Å². The van der Waals surface area contributed by atoms with E-state index in [4.69, 9.17) is 23.2 Å². The number of aromatic nitrogens is 2. The van der Waals surface area contributed by atoms with Crippen LogP contribution in [0.4, 0.5) is 0 Å². The summed E-state index contributed by atoms with van der Waals surface area (Å²) in [5, 5.41) is 1.34. The van der Waals surface area contributed by atoms with Crippen molar-refractivity contribution in [2.24, 2.45) is 7.05 Å². The molecular weight excluding hydrogens is 469 g/mol. The predicted molar refractivity (Wildman–Crippen MR) is 139 cm³/mol. The first-order valence-electron chi connectivity index (χ1n) is 11.4. The predicted octanol–water partition coefficient (Wildman–Crippen LogP) is 4.71. The molecule has 0 saturated carbocycles. The smallest absolute Gasteiger partial charge is 0.210 e. The molecule has 1 unspecified atom stereocenters. The molecule has 8 heteroatoms. The van der Waals surface area contributed by atoms with Gasteiger partial charge in [-0.15, -0.1) is 0 Å². The fourth-order valence-corrected chi connectivity index (χ4v) is 4.45. The van der Waals surface area contributed by atoms with E-state index in [2.05, 4.69) is 40.4 Å². The number of benzene rings is 2. The van der Waals surface area contributed by atoms with E-state index in [-0.39, 0.29) is 0 Å². The summed E-state index contributed by atoms with van der Waals surface area (Å²) in [6, 6.07) is 15.6. The maximum Gasteiger partial charge on any atom is 0.210 e. The zero-order valence-electron chi connectivity index (χ0n) is 20.1. The fourth-order valence-electron chi connectivity index (χ4n) is 4.03. The number of carbonyl (C=O) groups excluding carboxylic acids is 1. The van der Waals surface area contributed by atoms with Crippen molar-refractivity contribution < 1.29 is 4.79 Å². The second-order valence-electron chi connectivity index (χ2n) is 8.85. The molecule has 34 heavy (non-hydrogen) atoms. The number of imidazole rings is 1. The van der Waals surface area contributed by atoms with Crippen LogP contribution in [0.2, 0.25) is 10.0 Å². The quantitative estimate of drug-likeness (QED) is 0.439. The van der Waals surface area contributed by atoms with Gasteiger partial charge in [0.25, 0.3) is 0 Å². The molecule has 0 radical (unpaired) electrons. The summed E-state index contributed by atoms with van der Waals surface area (Å²) in [4.78, 5) is 21.9. The molecule has 0 bridgehead atoms. The molecule has 1 atom stereocenters. The third kappa shape index (κ3) is 8.13. The highest BCUT2D eigenvalue weighted by atomic mass is 35.5. The Labute approximate surface area is 212 Å². The zero-order valence-corrected chi connectivity index (χ0v) is 21.6. The van der Waals surface area contributed by atoms with Gasteiger partial charge in [0.1, 0.15) is 0 Å². The lowest BCUT2D eigenvalue weighted by Crippen LogP contribution is -2.49. The van der Waals surface area contributed by atoms with Crippen molar-refractivity contribution in [1.29, 1.82) is 0 Å². The van der Waals surface area contributed by atoms with E-state index in [0.717, 1.165) is 37.2 Å². The maximum absolute atomic E-state index is 11.1. The minimum absolute atomic E-state index is 0.524. The van der Waals surface area contributed by atoms with Crippen LogP contribution >= 0.6 is 23.2 Å². The van der Waals surface area contributed by atoms with E-state index in [0.29, 0.717) is 29.2 Å². The average Bonchev–Trinajstić information content (AvgIpc) is 3.20. The molecule has 0 N–H and O–H groups in total. The molecule has 0 spiro atoms. The number of rotatable bonds is 7. The highest BCUT2D eigenvalue weighted by Crippen LogP contribution is 2.16. The van der Waals surface area contributed by atoms with Crippen LogP contribution in [0, 0.1) is 0 Å². The Morgan fingerprint density at radius 2 is 1.65 bits per heavy atom. The van der Waals surface area contributed by atoms with Crippen molar-refractivity contribution in [2.75, 3.05) is 26.7 Å². The Hall–Kier alpha value is -2.38. The molecule has 0 aliphatic carbocycles. The molecule has 182 valence electrons. The first-order chi connectivity index (χ1) is 16.3. The standard InChI is InChI=1S/C15H13Cl2NO.C11H20N4/c16-14-5-1-3-12(7-14)9-18(11-19)10-13-4-2-6-15(17)8-13;1-10-7-13(2)4-5-15(10)8-11-6-12-9-14(11)3/h1-8,11H,9-10H2;6,9-10H,4-5,7-8H2,1-3H3. The first kappa shape index (κ1) is 26.2. The lowest BCUT2D eigenvalue weighted by molar-refractivity contribution is -0.119. The number of nitrogens with zero attached hydrogens (tertiary/aromatic N) is 5. The number of hydrogen-bond donors (Lipinski definition) is 0. The van der Waals surface area contributed by atoms with Crippen LogP contribution in [0.25, 0.3) is 0 Å². The lowest BCUT2D eigenvalue weighted by atomic mass is 10.2. The number of aryl methyl sites for hydroxylation is 1. The first-order valence-corrected chi connectivity index (χ1v) is 12.2. The van der Waals surface area contributed by atoms with Gasteiger partial charge in [0.15, 0.2) is 0 Å². The van der Waals surface area contributed by atoms with Gasteiger partial charge in [0, 0.05) is 68.6 Å². The zero-order chi connectivity index (χ0) is 24.5. The van der Waals surface area contributed by atoms with Gasteiger partial charge in [-0.25, -0.2) is 4.98 Å². The van der Waals surface area contributed by atoms with Crippen molar-refractivity contribution in [3.8, 4) is 0 Å². The number of halogens is 2. The van der Waals surface area contributed by atoms with Crippen LogP contribution in [0.1, 0.15) is 23.7 Å². The number of carbonyl (C=O) groups is 1. The van der Waals surface area contributed by atoms with Crippen molar-refractivity contribution in [3.63, 3.8) is 0 Å². The molecule has 4 rings (SSSR count). The van der Waals surface area contributed by atoms with Gasteiger partial charge in [-0.3, -0.25) is 9.69 Å². The monoisotopic (exact) mass is 501 g/mol. The second-order valence-corrected chi connectivity index (χ2v) is 9.72. The molecule has 3 aromatic rings. The lowest BCUT2D eigenvalue weighted by Gasteiger charge is -2.38. The van der Waals surface area contributed by atoms with E-state index in [1.807, 2.05) is 61.1 Å². The summed E-state index contributed by atoms with van der Waals surface area (Å²) in [5.74, 6) is 0. The number of piperazine rings is 1. The Morgan fingerprint density at radius 1 is 1.03 bits per heavy atom. The van der Waals surface area contributed by atoms with E-state index < -0.39 is 0 Å². The van der Waals surface area contributed by atoms with Gasteiger partial charge in [0.2, 0.25) is 6.41 Å². The molecule has 1 aliphatic rings. The Kier molecular flexibility index (Phi) is 9.96. The highest BCUT2D eigenvalue weighted by Gasteiger charge is 2.21. The second kappa shape index (κ2) is 12.9. The summed E-state index contributed by atoms with van der Waals surface area (Å²) < 4.78 is 2.10. The summed E-state index contributed by atoms with van der Waals surface area (Å²) in [7, 11) is 4.25. The summed E-state index contributed by atoms with van der Waals surface area (Å²) in [5.41, 5.74) is 3.30. The number of hydrogen-bond acceptors (Lipinski definition) is 4. The van der Waals surface area contributed by atoms with Crippen molar-refractivity contribution in [1.82, 2.24) is 24.3 Å². The van der Waals surface area contributed by atoms with Crippen LogP contribution in [0.15, 0.2) is 61.1 Å². The molecule has 1 aromatic heterocycles. The molecule has 1 amide bonds. The molecular formula is C26H33Cl2N5O. The Balaban J connectivity index is 0.000000196. The van der Waals surface area contributed by atoms with Gasteiger partial charge >= 0.3 is 0 Å². The van der Waals surface area contributed by atoms with Crippen LogP contribution < -0.4 is 0 Å². The minimum Gasteiger partial charge on any atom is -0.337 e. The molecule has 1 saturated heterocycles. The molecule has 1 aliphatic heterocycles. The fraction of sp³-hybridized carbons (Fsp3) is 0.385. The van der Waals surface area contributed by atoms with Gasteiger partial charge in [-0.1, -0.05) is 47.5 Å². The van der Waals surface area contributed by atoms with E-state index in [9.17, 15) is 4.79 Å². The Bertz CT molecular complexity index is 1010. The summed E-state index contributed by atoms with van der Waals surface area (Å²) in [6.45, 7) is 7.85. The largest absolute Gasteiger partial charge is 0.337 e. The van der Waals surface area contributed by atoms with Gasteiger partial charge in [-0.2, -0.15) is 0 Å². The SMILES string of the molecule is CC1CN(C)CCN1Cc1cncn1C.O=CN(Cc1cccc(Cl)c1)Cc1cccc(Cl)c1. The molecule has 1 fully saturated rings. The van der Waals surface area contributed by atoms with Crippen molar-refractivity contribution in [3.05, 3.63) is 87.9 Å². The minimum atomic E-state index is 0.524. The van der Waals surface area contributed by atoms with Gasteiger partial charge in [0.05, 0.1) is 12.0 Å². The van der Waals surface area contributed by atoms with E-state index in [1.54, 1.807) is 4.90 Å². The van der Waals surface area contributed by atoms with E-state index in [1.165, 1.54) is 12.2 Å². The Morgan fingerprint density at radius 3 is 2.12 bits per heavy atom. The van der Waals surface area contributed by atoms with Crippen molar-refractivity contribution >= 4 is 29.6 Å².